The zero-order chi connectivity index (χ0) is 14.7. The minimum atomic E-state index is -0.361. The first-order valence-corrected chi connectivity index (χ1v) is 6.96. The third-order valence-corrected chi connectivity index (χ3v) is 3.75. The van der Waals surface area contributed by atoms with Crippen molar-refractivity contribution >= 4 is 11.8 Å². The summed E-state index contributed by atoms with van der Waals surface area (Å²) in [6.45, 7) is 4.06. The van der Waals surface area contributed by atoms with E-state index in [9.17, 15) is 9.59 Å². The molecular formula is C14H21N3O3. The molecule has 0 bridgehead atoms. The SMILES string of the molecule is CCC(N)C(c1ccco1)N1CC(=O)NC(=O)C1CC. The molecule has 0 aliphatic carbocycles. The van der Waals surface area contributed by atoms with Gasteiger partial charge in [-0.25, -0.2) is 0 Å². The summed E-state index contributed by atoms with van der Waals surface area (Å²) in [6, 6.07) is 2.80. The summed E-state index contributed by atoms with van der Waals surface area (Å²) in [5.74, 6) is 0.142. The smallest absolute Gasteiger partial charge is 0.243 e. The van der Waals surface area contributed by atoms with Gasteiger partial charge in [-0.3, -0.25) is 19.8 Å². The molecule has 1 aromatic rings. The van der Waals surface area contributed by atoms with E-state index in [2.05, 4.69) is 5.32 Å². The van der Waals surface area contributed by atoms with Gasteiger partial charge in [0, 0.05) is 6.04 Å². The lowest BCUT2D eigenvalue weighted by Gasteiger charge is -2.40. The number of imide groups is 1. The van der Waals surface area contributed by atoms with Gasteiger partial charge in [0.15, 0.2) is 0 Å². The van der Waals surface area contributed by atoms with E-state index in [-0.39, 0.29) is 36.5 Å². The fourth-order valence-corrected chi connectivity index (χ4v) is 2.70. The van der Waals surface area contributed by atoms with Crippen molar-refractivity contribution in [3.63, 3.8) is 0 Å². The average Bonchev–Trinajstić information content (AvgIpc) is 2.92. The van der Waals surface area contributed by atoms with Crippen LogP contribution in [0, 0.1) is 0 Å². The van der Waals surface area contributed by atoms with Gasteiger partial charge in [0.2, 0.25) is 11.8 Å². The Morgan fingerprint density at radius 2 is 2.25 bits per heavy atom. The lowest BCUT2D eigenvalue weighted by Crippen LogP contribution is -2.60. The average molecular weight is 279 g/mol. The zero-order valence-electron chi connectivity index (χ0n) is 11.8. The molecule has 20 heavy (non-hydrogen) atoms. The summed E-state index contributed by atoms with van der Waals surface area (Å²) in [5.41, 5.74) is 6.20. The Morgan fingerprint density at radius 1 is 1.50 bits per heavy atom. The van der Waals surface area contributed by atoms with Gasteiger partial charge in [-0.15, -0.1) is 0 Å². The first kappa shape index (κ1) is 14.7. The van der Waals surface area contributed by atoms with Crippen LogP contribution in [0.2, 0.25) is 0 Å². The molecule has 3 N–H and O–H groups in total. The molecule has 0 saturated carbocycles. The highest BCUT2D eigenvalue weighted by molar-refractivity contribution is 6.01. The number of furan rings is 1. The number of rotatable bonds is 5. The van der Waals surface area contributed by atoms with Gasteiger partial charge in [0.05, 0.1) is 24.9 Å². The van der Waals surface area contributed by atoms with Crippen LogP contribution in [0.3, 0.4) is 0 Å². The first-order chi connectivity index (χ1) is 9.58. The van der Waals surface area contributed by atoms with Crippen LogP contribution in [-0.4, -0.2) is 35.3 Å². The Morgan fingerprint density at radius 3 is 2.80 bits per heavy atom. The van der Waals surface area contributed by atoms with Crippen LogP contribution < -0.4 is 11.1 Å². The van der Waals surface area contributed by atoms with E-state index in [0.717, 1.165) is 6.42 Å². The Hall–Kier alpha value is -1.66. The fraction of sp³-hybridized carbons (Fsp3) is 0.571. The lowest BCUT2D eigenvalue weighted by atomic mass is 9.97. The number of carbonyl (C=O) groups excluding carboxylic acids is 2. The summed E-state index contributed by atoms with van der Waals surface area (Å²) in [6.07, 6.45) is 2.93. The lowest BCUT2D eigenvalue weighted by molar-refractivity contribution is -0.142. The van der Waals surface area contributed by atoms with Gasteiger partial charge in [0.25, 0.3) is 0 Å². The Balaban J connectivity index is 2.35. The van der Waals surface area contributed by atoms with Crippen LogP contribution in [0.5, 0.6) is 0 Å². The molecule has 2 heterocycles. The second-order valence-electron chi connectivity index (χ2n) is 5.04. The molecule has 110 valence electrons. The Labute approximate surface area is 118 Å². The van der Waals surface area contributed by atoms with Crippen molar-refractivity contribution in [2.75, 3.05) is 6.54 Å². The topological polar surface area (TPSA) is 88.6 Å². The van der Waals surface area contributed by atoms with Crippen molar-refractivity contribution in [3.8, 4) is 0 Å². The maximum absolute atomic E-state index is 12.0. The van der Waals surface area contributed by atoms with E-state index < -0.39 is 0 Å². The molecule has 1 saturated heterocycles. The van der Waals surface area contributed by atoms with Gasteiger partial charge in [0.1, 0.15) is 5.76 Å². The van der Waals surface area contributed by atoms with Gasteiger partial charge in [-0.05, 0) is 25.0 Å². The molecule has 3 unspecified atom stereocenters. The zero-order valence-corrected chi connectivity index (χ0v) is 11.8. The van der Waals surface area contributed by atoms with Crippen molar-refractivity contribution in [2.45, 2.75) is 44.8 Å². The molecule has 2 rings (SSSR count). The second kappa shape index (κ2) is 6.19. The molecule has 1 aliphatic rings. The molecule has 1 fully saturated rings. The predicted octanol–water partition coefficient (Wildman–Crippen LogP) is 0.795. The quantitative estimate of drug-likeness (QED) is 0.778. The number of hydrogen-bond donors (Lipinski definition) is 2. The number of amides is 2. The van der Waals surface area contributed by atoms with E-state index in [0.29, 0.717) is 12.2 Å². The van der Waals surface area contributed by atoms with E-state index in [4.69, 9.17) is 10.2 Å². The number of carbonyl (C=O) groups is 2. The van der Waals surface area contributed by atoms with Crippen LogP contribution in [0.15, 0.2) is 22.8 Å². The molecule has 1 aliphatic heterocycles. The van der Waals surface area contributed by atoms with Crippen molar-refractivity contribution in [2.24, 2.45) is 5.73 Å². The highest BCUT2D eigenvalue weighted by atomic mass is 16.3. The predicted molar refractivity (Wildman–Crippen MR) is 73.7 cm³/mol. The fourth-order valence-electron chi connectivity index (χ4n) is 2.70. The number of nitrogens with one attached hydrogen (secondary N) is 1. The third-order valence-electron chi connectivity index (χ3n) is 3.75. The van der Waals surface area contributed by atoms with E-state index in [1.54, 1.807) is 12.3 Å². The molecule has 1 aromatic heterocycles. The van der Waals surface area contributed by atoms with Crippen LogP contribution in [0.4, 0.5) is 0 Å². The highest BCUT2D eigenvalue weighted by Gasteiger charge is 2.40. The van der Waals surface area contributed by atoms with Gasteiger partial charge >= 0.3 is 0 Å². The molecule has 6 nitrogen and oxygen atoms in total. The largest absolute Gasteiger partial charge is 0.468 e. The summed E-state index contributed by atoms with van der Waals surface area (Å²) in [4.78, 5) is 25.5. The molecule has 6 heteroatoms. The number of piperazine rings is 1. The Kier molecular flexibility index (Phi) is 4.57. The second-order valence-corrected chi connectivity index (χ2v) is 5.04. The molecule has 0 radical (unpaired) electrons. The molecule has 3 atom stereocenters. The van der Waals surface area contributed by atoms with Crippen molar-refractivity contribution < 1.29 is 14.0 Å². The summed E-state index contributed by atoms with van der Waals surface area (Å²) in [7, 11) is 0. The van der Waals surface area contributed by atoms with Crippen LogP contribution in [0.1, 0.15) is 38.5 Å². The van der Waals surface area contributed by atoms with Crippen LogP contribution in [0.25, 0.3) is 0 Å². The standard InChI is InChI=1S/C14H21N3O3/c1-3-9(15)13(11-6-5-7-20-11)17-8-12(18)16-14(19)10(17)4-2/h5-7,9-10,13H,3-4,8,15H2,1-2H3,(H,16,18,19). The van der Waals surface area contributed by atoms with E-state index >= 15 is 0 Å². The Bertz CT molecular complexity index is 472. The first-order valence-electron chi connectivity index (χ1n) is 6.96. The minimum absolute atomic E-state index is 0.156. The normalized spacial score (nSPS) is 23.4. The van der Waals surface area contributed by atoms with Gasteiger partial charge < -0.3 is 10.2 Å². The highest BCUT2D eigenvalue weighted by Crippen LogP contribution is 2.29. The van der Waals surface area contributed by atoms with Gasteiger partial charge in [-0.1, -0.05) is 13.8 Å². The van der Waals surface area contributed by atoms with E-state index in [1.165, 1.54) is 0 Å². The summed E-state index contributed by atoms with van der Waals surface area (Å²) in [5, 5.41) is 2.38. The maximum Gasteiger partial charge on any atom is 0.243 e. The summed E-state index contributed by atoms with van der Waals surface area (Å²) < 4.78 is 5.47. The molecule has 2 amide bonds. The van der Waals surface area contributed by atoms with Crippen molar-refractivity contribution in [1.29, 1.82) is 0 Å². The van der Waals surface area contributed by atoms with Crippen molar-refractivity contribution in [1.82, 2.24) is 10.2 Å². The summed E-state index contributed by atoms with van der Waals surface area (Å²) >= 11 is 0. The molecule has 0 aromatic carbocycles. The van der Waals surface area contributed by atoms with Gasteiger partial charge in [-0.2, -0.15) is 0 Å². The number of nitrogens with two attached hydrogens (primary N) is 1. The minimum Gasteiger partial charge on any atom is -0.468 e. The monoisotopic (exact) mass is 279 g/mol. The maximum atomic E-state index is 12.0. The molecular weight excluding hydrogens is 258 g/mol. The van der Waals surface area contributed by atoms with Crippen molar-refractivity contribution in [3.05, 3.63) is 24.2 Å². The van der Waals surface area contributed by atoms with Crippen LogP contribution >= 0.6 is 0 Å². The number of hydrogen-bond acceptors (Lipinski definition) is 5. The van der Waals surface area contributed by atoms with E-state index in [1.807, 2.05) is 24.8 Å². The molecule has 0 spiro atoms. The number of nitrogens with zero attached hydrogens (tertiary/aromatic N) is 1. The van der Waals surface area contributed by atoms with Crippen LogP contribution in [-0.2, 0) is 9.59 Å². The third kappa shape index (κ3) is 2.76.